The van der Waals surface area contributed by atoms with Crippen molar-refractivity contribution in [2.75, 3.05) is 25.5 Å². The molecule has 1 atom stereocenters. The van der Waals surface area contributed by atoms with Gasteiger partial charge in [0.15, 0.2) is 0 Å². The number of aryl methyl sites for hydroxylation is 1. The number of ether oxygens (including phenoxy) is 1. The highest BCUT2D eigenvalue weighted by atomic mass is 19.1. The molecule has 0 spiro atoms. The van der Waals surface area contributed by atoms with E-state index in [4.69, 9.17) is 4.74 Å². The van der Waals surface area contributed by atoms with Crippen LogP contribution in [0.25, 0.3) is 0 Å². The number of benzene rings is 2. The lowest BCUT2D eigenvalue weighted by Gasteiger charge is -2.27. The van der Waals surface area contributed by atoms with Crippen LogP contribution in [-0.2, 0) is 4.79 Å². The molecule has 0 aliphatic heterocycles. The van der Waals surface area contributed by atoms with E-state index in [-0.39, 0.29) is 11.5 Å². The minimum Gasteiger partial charge on any atom is -0.497 e. The molecule has 2 amide bonds. The summed E-state index contributed by atoms with van der Waals surface area (Å²) in [4.78, 5) is 25.8. The van der Waals surface area contributed by atoms with Gasteiger partial charge in [0.05, 0.1) is 7.11 Å². The van der Waals surface area contributed by atoms with Crippen molar-refractivity contribution in [2.24, 2.45) is 5.92 Å². The number of hydrogen-bond acceptors (Lipinski definition) is 4. The molecule has 1 fully saturated rings. The van der Waals surface area contributed by atoms with Crippen LogP contribution in [0.4, 0.5) is 10.1 Å². The number of nitrogens with one attached hydrogen (secondary N) is 3. The molecule has 3 N–H and O–H groups in total. The lowest BCUT2D eigenvalue weighted by Crippen LogP contribution is -2.48. The molecule has 3 rings (SSSR count). The molecule has 0 unspecified atom stereocenters. The number of rotatable bonds is 10. The van der Waals surface area contributed by atoms with Gasteiger partial charge in [-0.1, -0.05) is 38.2 Å². The summed E-state index contributed by atoms with van der Waals surface area (Å²) >= 11 is 0. The lowest BCUT2D eigenvalue weighted by molar-refractivity contribution is -0.123. The maximum atomic E-state index is 13.7. The number of hydrogen-bond donors (Lipinski definition) is 3. The standard InChI is InChI=1S/C26H34FN3O3/c1-18-8-9-20(27)17-23(18)25(31)30-24(16-19-6-4-3-5-7-19)26(32)29-15-14-28-21-10-12-22(33-2)13-11-21/h8-13,17,19,24,28H,3-7,14-16H2,1-2H3,(H,29,32)(H,30,31)/t24-/m0/s1. The van der Waals surface area contributed by atoms with Gasteiger partial charge in [-0.15, -0.1) is 0 Å². The first-order chi connectivity index (χ1) is 16.0. The molecule has 1 saturated carbocycles. The van der Waals surface area contributed by atoms with Crippen LogP contribution in [0.15, 0.2) is 42.5 Å². The van der Waals surface area contributed by atoms with Crippen molar-refractivity contribution in [2.45, 2.75) is 51.5 Å². The summed E-state index contributed by atoms with van der Waals surface area (Å²) in [6, 6.07) is 11.0. The van der Waals surface area contributed by atoms with E-state index in [1.807, 2.05) is 24.3 Å². The van der Waals surface area contributed by atoms with Crippen molar-refractivity contribution in [3.63, 3.8) is 0 Å². The molecule has 33 heavy (non-hydrogen) atoms. The van der Waals surface area contributed by atoms with Gasteiger partial charge in [0.25, 0.3) is 5.91 Å². The van der Waals surface area contributed by atoms with Crippen molar-refractivity contribution in [3.05, 3.63) is 59.4 Å². The van der Waals surface area contributed by atoms with E-state index in [2.05, 4.69) is 16.0 Å². The Kier molecular flexibility index (Phi) is 9.10. The zero-order valence-corrected chi connectivity index (χ0v) is 19.5. The summed E-state index contributed by atoms with van der Waals surface area (Å²) in [5.74, 6) is 0.0898. The van der Waals surface area contributed by atoms with Crippen LogP contribution in [0.2, 0.25) is 0 Å². The van der Waals surface area contributed by atoms with Gasteiger partial charge in [0.1, 0.15) is 17.6 Å². The Morgan fingerprint density at radius 1 is 1.06 bits per heavy atom. The van der Waals surface area contributed by atoms with Crippen molar-refractivity contribution < 1.29 is 18.7 Å². The summed E-state index contributed by atoms with van der Waals surface area (Å²) in [5.41, 5.74) is 1.87. The second kappa shape index (κ2) is 12.2. The Balaban J connectivity index is 1.57. The molecule has 7 heteroatoms. The van der Waals surface area contributed by atoms with Gasteiger partial charge in [-0.05, 0) is 61.2 Å². The zero-order valence-electron chi connectivity index (χ0n) is 19.5. The van der Waals surface area contributed by atoms with E-state index in [1.54, 1.807) is 20.1 Å². The number of anilines is 1. The number of carbonyl (C=O) groups is 2. The number of amides is 2. The smallest absolute Gasteiger partial charge is 0.252 e. The zero-order chi connectivity index (χ0) is 23.6. The number of halogens is 1. The number of carbonyl (C=O) groups excluding carboxylic acids is 2. The predicted molar refractivity (Wildman–Crippen MR) is 128 cm³/mol. The normalized spacial score (nSPS) is 14.9. The van der Waals surface area contributed by atoms with Gasteiger partial charge in [-0.2, -0.15) is 0 Å². The molecule has 0 aromatic heterocycles. The third kappa shape index (κ3) is 7.48. The first-order valence-electron chi connectivity index (χ1n) is 11.7. The molecule has 1 aliphatic carbocycles. The predicted octanol–water partition coefficient (Wildman–Crippen LogP) is 4.44. The minimum atomic E-state index is -0.649. The van der Waals surface area contributed by atoms with Crippen LogP contribution in [0, 0.1) is 18.7 Å². The average molecular weight is 456 g/mol. The SMILES string of the molecule is COc1ccc(NCCNC(=O)[C@H](CC2CCCCC2)NC(=O)c2cc(F)ccc2C)cc1. The fraction of sp³-hybridized carbons (Fsp3) is 0.462. The van der Waals surface area contributed by atoms with Crippen LogP contribution >= 0.6 is 0 Å². The van der Waals surface area contributed by atoms with Gasteiger partial charge in [0, 0.05) is 24.3 Å². The maximum Gasteiger partial charge on any atom is 0.252 e. The van der Waals surface area contributed by atoms with E-state index in [1.165, 1.54) is 18.6 Å². The molecule has 0 heterocycles. The van der Waals surface area contributed by atoms with Crippen LogP contribution < -0.4 is 20.7 Å². The van der Waals surface area contributed by atoms with Crippen molar-refractivity contribution in [3.8, 4) is 5.75 Å². The van der Waals surface area contributed by atoms with Crippen molar-refractivity contribution in [1.29, 1.82) is 0 Å². The minimum absolute atomic E-state index is 0.209. The molecule has 2 aromatic rings. The molecule has 2 aromatic carbocycles. The Hall–Kier alpha value is -3.09. The molecule has 178 valence electrons. The van der Waals surface area contributed by atoms with E-state index in [0.717, 1.165) is 37.1 Å². The summed E-state index contributed by atoms with van der Waals surface area (Å²) in [6.07, 6.45) is 6.26. The lowest BCUT2D eigenvalue weighted by atomic mass is 9.84. The highest BCUT2D eigenvalue weighted by Gasteiger charge is 2.26. The maximum absolute atomic E-state index is 13.7. The third-order valence-electron chi connectivity index (χ3n) is 6.20. The Labute approximate surface area is 195 Å². The Morgan fingerprint density at radius 3 is 2.48 bits per heavy atom. The summed E-state index contributed by atoms with van der Waals surface area (Å²) in [6.45, 7) is 2.72. The van der Waals surface area contributed by atoms with Gasteiger partial charge < -0.3 is 20.7 Å². The van der Waals surface area contributed by atoms with Crippen molar-refractivity contribution >= 4 is 17.5 Å². The van der Waals surface area contributed by atoms with Crippen LogP contribution in [-0.4, -0.2) is 38.1 Å². The first-order valence-corrected chi connectivity index (χ1v) is 11.7. The van der Waals surface area contributed by atoms with Crippen LogP contribution in [0.3, 0.4) is 0 Å². The van der Waals surface area contributed by atoms with E-state index >= 15 is 0 Å². The molecule has 0 bridgehead atoms. The molecule has 0 radical (unpaired) electrons. The highest BCUT2D eigenvalue weighted by molar-refractivity contribution is 5.98. The third-order valence-corrected chi connectivity index (χ3v) is 6.20. The largest absolute Gasteiger partial charge is 0.497 e. The summed E-state index contributed by atoms with van der Waals surface area (Å²) < 4.78 is 18.8. The van der Waals surface area contributed by atoms with E-state index in [0.29, 0.717) is 31.0 Å². The first kappa shape index (κ1) is 24.6. The van der Waals surface area contributed by atoms with Gasteiger partial charge in [0.2, 0.25) is 5.91 Å². The van der Waals surface area contributed by atoms with E-state index < -0.39 is 17.8 Å². The molecular weight excluding hydrogens is 421 g/mol. The second-order valence-corrected chi connectivity index (χ2v) is 8.67. The second-order valence-electron chi connectivity index (χ2n) is 8.67. The summed E-state index contributed by atoms with van der Waals surface area (Å²) in [5, 5.41) is 9.05. The van der Waals surface area contributed by atoms with E-state index in [9.17, 15) is 14.0 Å². The molecule has 6 nitrogen and oxygen atoms in total. The number of methoxy groups -OCH3 is 1. The fourth-order valence-corrected chi connectivity index (χ4v) is 4.29. The van der Waals surface area contributed by atoms with Gasteiger partial charge >= 0.3 is 0 Å². The molecule has 1 aliphatic rings. The Bertz CT molecular complexity index is 927. The summed E-state index contributed by atoms with van der Waals surface area (Å²) in [7, 11) is 1.62. The van der Waals surface area contributed by atoms with Crippen LogP contribution in [0.1, 0.15) is 54.4 Å². The van der Waals surface area contributed by atoms with Gasteiger partial charge in [-0.3, -0.25) is 9.59 Å². The average Bonchev–Trinajstić information content (AvgIpc) is 2.83. The molecular formula is C26H34FN3O3. The quantitative estimate of drug-likeness (QED) is 0.463. The fourth-order valence-electron chi connectivity index (χ4n) is 4.29. The van der Waals surface area contributed by atoms with Crippen LogP contribution in [0.5, 0.6) is 5.75 Å². The Morgan fingerprint density at radius 2 is 1.79 bits per heavy atom. The molecule has 0 saturated heterocycles. The van der Waals surface area contributed by atoms with Gasteiger partial charge in [-0.25, -0.2) is 4.39 Å². The highest BCUT2D eigenvalue weighted by Crippen LogP contribution is 2.27. The monoisotopic (exact) mass is 455 g/mol. The van der Waals surface area contributed by atoms with Crippen molar-refractivity contribution in [1.82, 2.24) is 10.6 Å². The topological polar surface area (TPSA) is 79.5 Å².